The average molecular weight is 408 g/mol. The molecule has 0 radical (unpaired) electrons. The SMILES string of the molecule is CC1CC(C(=O)O)CCN1C(=O)c1ccc(I)c(Cl)c1. The van der Waals surface area contributed by atoms with E-state index in [-0.39, 0.29) is 17.9 Å². The molecule has 0 saturated carbocycles. The molecule has 0 spiro atoms. The van der Waals surface area contributed by atoms with E-state index in [9.17, 15) is 9.59 Å². The van der Waals surface area contributed by atoms with Crippen molar-refractivity contribution < 1.29 is 14.7 Å². The summed E-state index contributed by atoms with van der Waals surface area (Å²) in [5, 5.41) is 9.60. The first-order valence-corrected chi connectivity index (χ1v) is 7.84. The van der Waals surface area contributed by atoms with Crippen molar-refractivity contribution in [3.63, 3.8) is 0 Å². The lowest BCUT2D eigenvalue weighted by Crippen LogP contribution is -2.46. The summed E-state index contributed by atoms with van der Waals surface area (Å²) in [5.74, 6) is -1.21. The minimum Gasteiger partial charge on any atom is -0.481 e. The van der Waals surface area contributed by atoms with Crippen molar-refractivity contribution in [2.45, 2.75) is 25.8 Å². The number of halogens is 2. The molecule has 108 valence electrons. The first-order chi connectivity index (χ1) is 9.40. The molecule has 1 N–H and O–H groups in total. The van der Waals surface area contributed by atoms with E-state index in [1.165, 1.54) is 0 Å². The number of nitrogens with zero attached hydrogens (tertiary/aromatic N) is 1. The number of likely N-dealkylation sites (tertiary alicyclic amines) is 1. The Labute approximate surface area is 136 Å². The maximum atomic E-state index is 12.5. The highest BCUT2D eigenvalue weighted by Gasteiger charge is 2.32. The van der Waals surface area contributed by atoms with Gasteiger partial charge in [0.2, 0.25) is 0 Å². The van der Waals surface area contributed by atoms with Gasteiger partial charge >= 0.3 is 5.97 Å². The molecule has 1 fully saturated rings. The Kier molecular flexibility index (Phi) is 4.90. The molecule has 1 saturated heterocycles. The van der Waals surface area contributed by atoms with Crippen LogP contribution in [0.15, 0.2) is 18.2 Å². The summed E-state index contributed by atoms with van der Waals surface area (Å²) in [6.07, 6.45) is 1.00. The number of benzene rings is 1. The van der Waals surface area contributed by atoms with E-state index in [0.29, 0.717) is 30.0 Å². The molecule has 6 heteroatoms. The predicted octanol–water partition coefficient (Wildman–Crippen LogP) is 3.27. The molecule has 1 aromatic rings. The Morgan fingerprint density at radius 2 is 2.15 bits per heavy atom. The number of rotatable bonds is 2. The van der Waals surface area contributed by atoms with Gasteiger partial charge in [0.05, 0.1) is 10.9 Å². The second kappa shape index (κ2) is 6.30. The monoisotopic (exact) mass is 407 g/mol. The number of piperidine rings is 1. The van der Waals surface area contributed by atoms with E-state index in [1.807, 2.05) is 13.0 Å². The van der Waals surface area contributed by atoms with Crippen LogP contribution in [-0.4, -0.2) is 34.5 Å². The third kappa shape index (κ3) is 3.25. The summed E-state index contributed by atoms with van der Waals surface area (Å²) in [6, 6.07) is 5.16. The van der Waals surface area contributed by atoms with Gasteiger partial charge in [-0.05, 0) is 60.6 Å². The minimum absolute atomic E-state index is 0.0737. The average Bonchev–Trinajstić information content (AvgIpc) is 2.41. The van der Waals surface area contributed by atoms with Crippen LogP contribution >= 0.6 is 34.2 Å². The fraction of sp³-hybridized carbons (Fsp3) is 0.429. The first-order valence-electron chi connectivity index (χ1n) is 6.39. The number of hydrogen-bond donors (Lipinski definition) is 1. The molecule has 2 rings (SSSR count). The number of carboxylic acid groups (broad SMARTS) is 1. The first kappa shape index (κ1) is 15.6. The summed E-state index contributed by atoms with van der Waals surface area (Å²) < 4.78 is 0.901. The normalized spacial score (nSPS) is 22.6. The van der Waals surface area contributed by atoms with Crippen LogP contribution in [0.4, 0.5) is 0 Å². The van der Waals surface area contributed by atoms with E-state index in [2.05, 4.69) is 22.6 Å². The molecule has 0 bridgehead atoms. The molecular weight excluding hydrogens is 393 g/mol. The molecule has 1 aliphatic heterocycles. The molecule has 1 heterocycles. The van der Waals surface area contributed by atoms with Crippen LogP contribution in [-0.2, 0) is 4.79 Å². The van der Waals surface area contributed by atoms with Gasteiger partial charge < -0.3 is 10.0 Å². The van der Waals surface area contributed by atoms with Gasteiger partial charge in [-0.1, -0.05) is 11.6 Å². The summed E-state index contributed by atoms with van der Waals surface area (Å²) in [5.41, 5.74) is 0.552. The van der Waals surface area contributed by atoms with Crippen molar-refractivity contribution in [1.29, 1.82) is 0 Å². The second-order valence-corrected chi connectivity index (χ2v) is 6.61. The lowest BCUT2D eigenvalue weighted by molar-refractivity contribution is -0.143. The Hall–Kier alpha value is -0.820. The maximum absolute atomic E-state index is 12.5. The van der Waals surface area contributed by atoms with E-state index < -0.39 is 5.97 Å². The van der Waals surface area contributed by atoms with E-state index in [0.717, 1.165) is 3.57 Å². The third-order valence-electron chi connectivity index (χ3n) is 3.65. The fourth-order valence-electron chi connectivity index (χ4n) is 2.49. The van der Waals surface area contributed by atoms with Crippen LogP contribution in [0.5, 0.6) is 0 Å². The standard InChI is InChI=1S/C14H15ClINO3/c1-8-6-10(14(19)20)4-5-17(8)13(18)9-2-3-12(16)11(15)7-9/h2-3,7-8,10H,4-6H2,1H3,(H,19,20). The summed E-state index contributed by atoms with van der Waals surface area (Å²) in [6.45, 7) is 2.36. The number of aliphatic carboxylic acids is 1. The van der Waals surface area contributed by atoms with Gasteiger partial charge in [-0.3, -0.25) is 9.59 Å². The molecule has 4 nitrogen and oxygen atoms in total. The highest BCUT2D eigenvalue weighted by atomic mass is 127. The van der Waals surface area contributed by atoms with Crippen LogP contribution in [0.1, 0.15) is 30.1 Å². The second-order valence-electron chi connectivity index (χ2n) is 5.04. The van der Waals surface area contributed by atoms with Gasteiger partial charge in [-0.15, -0.1) is 0 Å². The number of carbonyl (C=O) groups is 2. The van der Waals surface area contributed by atoms with Gasteiger partial charge in [0.15, 0.2) is 0 Å². The van der Waals surface area contributed by atoms with E-state index >= 15 is 0 Å². The Morgan fingerprint density at radius 1 is 1.45 bits per heavy atom. The van der Waals surface area contributed by atoms with E-state index in [4.69, 9.17) is 16.7 Å². The van der Waals surface area contributed by atoms with Gasteiger partial charge in [0.25, 0.3) is 5.91 Å². The fourth-order valence-corrected chi connectivity index (χ4v) is 3.01. The molecule has 2 unspecified atom stereocenters. The molecule has 1 amide bonds. The lowest BCUT2D eigenvalue weighted by Gasteiger charge is -2.36. The molecule has 2 atom stereocenters. The smallest absolute Gasteiger partial charge is 0.306 e. The Balaban J connectivity index is 2.13. The molecule has 0 aliphatic carbocycles. The zero-order chi connectivity index (χ0) is 14.9. The molecule has 1 aromatic carbocycles. The van der Waals surface area contributed by atoms with Crippen LogP contribution in [0.3, 0.4) is 0 Å². The number of carbonyl (C=O) groups excluding carboxylic acids is 1. The van der Waals surface area contributed by atoms with Gasteiger partial charge in [-0.25, -0.2) is 0 Å². The van der Waals surface area contributed by atoms with E-state index in [1.54, 1.807) is 17.0 Å². The largest absolute Gasteiger partial charge is 0.481 e. The van der Waals surface area contributed by atoms with Gasteiger partial charge in [0, 0.05) is 21.7 Å². The quantitative estimate of drug-likeness (QED) is 0.766. The molecule has 20 heavy (non-hydrogen) atoms. The van der Waals surface area contributed by atoms with Crippen molar-refractivity contribution in [3.05, 3.63) is 32.4 Å². The zero-order valence-corrected chi connectivity index (χ0v) is 13.9. The Morgan fingerprint density at radius 3 is 2.70 bits per heavy atom. The number of hydrogen-bond acceptors (Lipinski definition) is 2. The van der Waals surface area contributed by atoms with Crippen molar-refractivity contribution >= 4 is 46.1 Å². The maximum Gasteiger partial charge on any atom is 0.306 e. The summed E-state index contributed by atoms with van der Waals surface area (Å²) >= 11 is 8.15. The van der Waals surface area contributed by atoms with Gasteiger partial charge in [-0.2, -0.15) is 0 Å². The number of carboxylic acids is 1. The zero-order valence-electron chi connectivity index (χ0n) is 11.0. The minimum atomic E-state index is -0.777. The van der Waals surface area contributed by atoms with Crippen molar-refractivity contribution in [2.75, 3.05) is 6.54 Å². The highest BCUT2D eigenvalue weighted by molar-refractivity contribution is 14.1. The van der Waals surface area contributed by atoms with Gasteiger partial charge in [0.1, 0.15) is 0 Å². The van der Waals surface area contributed by atoms with Crippen LogP contribution in [0, 0.1) is 9.49 Å². The third-order valence-corrected chi connectivity index (χ3v) is 5.23. The van der Waals surface area contributed by atoms with Crippen LogP contribution in [0.2, 0.25) is 5.02 Å². The summed E-state index contributed by atoms with van der Waals surface area (Å²) in [7, 11) is 0. The molecular formula is C14H15ClINO3. The predicted molar refractivity (Wildman–Crippen MR) is 85.0 cm³/mol. The molecule has 0 aromatic heterocycles. The molecule has 1 aliphatic rings. The van der Waals surface area contributed by atoms with Crippen molar-refractivity contribution in [2.24, 2.45) is 5.92 Å². The Bertz CT molecular complexity index is 549. The number of amides is 1. The summed E-state index contributed by atoms with van der Waals surface area (Å²) in [4.78, 5) is 25.2. The van der Waals surface area contributed by atoms with Crippen molar-refractivity contribution in [3.8, 4) is 0 Å². The highest BCUT2D eigenvalue weighted by Crippen LogP contribution is 2.26. The van der Waals surface area contributed by atoms with Crippen molar-refractivity contribution in [1.82, 2.24) is 4.90 Å². The van der Waals surface area contributed by atoms with Crippen LogP contribution < -0.4 is 0 Å². The lowest BCUT2D eigenvalue weighted by atomic mass is 9.91. The van der Waals surface area contributed by atoms with Crippen LogP contribution in [0.25, 0.3) is 0 Å². The topological polar surface area (TPSA) is 57.6 Å².